The topological polar surface area (TPSA) is 59.8 Å². The maximum Gasteiger partial charge on any atom is 0.264 e. The lowest BCUT2D eigenvalue weighted by Gasteiger charge is -2.19. The van der Waals surface area contributed by atoms with Gasteiger partial charge in [-0.2, -0.15) is 11.3 Å². The maximum absolute atomic E-state index is 13.4. The molecule has 0 aliphatic carbocycles. The van der Waals surface area contributed by atoms with Crippen LogP contribution < -0.4 is 5.32 Å². The number of thiophene rings is 1. The van der Waals surface area contributed by atoms with E-state index in [0.29, 0.717) is 4.88 Å². The molecule has 1 unspecified atom stereocenters. The zero-order chi connectivity index (χ0) is 21.4. The fraction of sp³-hybridized carbons (Fsp3) is 0.125. The Hall–Kier alpha value is -3.29. The Morgan fingerprint density at radius 2 is 1.81 bits per heavy atom. The zero-order valence-corrected chi connectivity index (χ0v) is 18.7. The number of hydrogen-bond donors (Lipinski definition) is 1. The molecule has 0 saturated carbocycles. The summed E-state index contributed by atoms with van der Waals surface area (Å²) in [4.78, 5) is 23.4. The Morgan fingerprint density at radius 3 is 2.55 bits per heavy atom. The van der Waals surface area contributed by atoms with Gasteiger partial charge < -0.3 is 9.88 Å². The molecule has 0 saturated heterocycles. The largest absolute Gasteiger partial charge is 0.337 e. The minimum atomic E-state index is -0.378. The lowest BCUT2D eigenvalue weighted by molar-refractivity contribution is 0.0944. The van der Waals surface area contributed by atoms with Crippen LogP contribution in [0.3, 0.4) is 0 Å². The SMILES string of the molecule is Cc1nc(-c2ccsc2)sc1C(=O)NC(c1ccccc1)c1nc2ccccc2n1C. The molecule has 5 aromatic rings. The molecule has 1 atom stereocenters. The van der Waals surface area contributed by atoms with Gasteiger partial charge in [0.2, 0.25) is 0 Å². The summed E-state index contributed by atoms with van der Waals surface area (Å²) in [5, 5.41) is 8.15. The average molecular weight is 445 g/mol. The van der Waals surface area contributed by atoms with Gasteiger partial charge in [-0.25, -0.2) is 9.97 Å². The molecule has 5 rings (SSSR count). The van der Waals surface area contributed by atoms with Crippen LogP contribution >= 0.6 is 22.7 Å². The summed E-state index contributed by atoms with van der Waals surface area (Å²) in [6, 6.07) is 19.6. The number of nitrogens with one attached hydrogen (secondary N) is 1. The van der Waals surface area contributed by atoms with Crippen LogP contribution in [0, 0.1) is 6.92 Å². The van der Waals surface area contributed by atoms with E-state index in [1.54, 1.807) is 11.3 Å². The van der Waals surface area contributed by atoms with Crippen molar-refractivity contribution in [1.82, 2.24) is 19.9 Å². The highest BCUT2D eigenvalue weighted by atomic mass is 32.1. The van der Waals surface area contributed by atoms with Gasteiger partial charge in [-0.05, 0) is 36.1 Å². The number of aryl methyl sites for hydroxylation is 2. The maximum atomic E-state index is 13.4. The van der Waals surface area contributed by atoms with E-state index in [2.05, 4.69) is 10.3 Å². The van der Waals surface area contributed by atoms with Crippen LogP contribution in [0.25, 0.3) is 21.6 Å². The first kappa shape index (κ1) is 19.7. The molecule has 1 amide bonds. The Bertz CT molecular complexity index is 1350. The highest BCUT2D eigenvalue weighted by molar-refractivity contribution is 7.17. The number of amides is 1. The predicted octanol–water partition coefficient (Wildman–Crippen LogP) is 5.59. The third-order valence-electron chi connectivity index (χ3n) is 5.26. The molecule has 5 nitrogen and oxygen atoms in total. The third kappa shape index (κ3) is 3.66. The molecule has 154 valence electrons. The molecule has 31 heavy (non-hydrogen) atoms. The standard InChI is InChI=1S/C24H20N4OS2/c1-15-21(31-24(25-15)17-12-13-30-14-17)23(29)27-20(16-8-4-3-5-9-16)22-26-18-10-6-7-11-19(18)28(22)2/h3-14,20H,1-2H3,(H,27,29). The molecule has 3 aromatic heterocycles. The van der Waals surface area contributed by atoms with E-state index in [4.69, 9.17) is 4.98 Å². The van der Waals surface area contributed by atoms with Crippen molar-refractivity contribution in [1.29, 1.82) is 0 Å². The van der Waals surface area contributed by atoms with Crippen molar-refractivity contribution >= 4 is 39.6 Å². The lowest BCUT2D eigenvalue weighted by Crippen LogP contribution is -2.31. The van der Waals surface area contributed by atoms with E-state index in [1.165, 1.54) is 11.3 Å². The molecule has 3 heterocycles. The summed E-state index contributed by atoms with van der Waals surface area (Å²) < 4.78 is 2.05. The van der Waals surface area contributed by atoms with Crippen molar-refractivity contribution < 1.29 is 4.79 Å². The Balaban J connectivity index is 1.54. The highest BCUT2D eigenvalue weighted by Gasteiger charge is 2.25. The fourth-order valence-corrected chi connectivity index (χ4v) is 5.36. The van der Waals surface area contributed by atoms with Crippen molar-refractivity contribution in [3.05, 3.63) is 93.4 Å². The van der Waals surface area contributed by atoms with E-state index in [1.807, 2.05) is 90.0 Å². The molecule has 0 radical (unpaired) electrons. The number of nitrogens with zero attached hydrogens (tertiary/aromatic N) is 3. The number of fused-ring (bicyclic) bond motifs is 1. The Labute approximate surface area is 188 Å². The number of rotatable bonds is 5. The number of aromatic nitrogens is 3. The van der Waals surface area contributed by atoms with Crippen molar-refractivity contribution in [2.75, 3.05) is 0 Å². The normalized spacial score (nSPS) is 12.2. The van der Waals surface area contributed by atoms with E-state index < -0.39 is 0 Å². The number of carbonyl (C=O) groups excluding carboxylic acids is 1. The zero-order valence-electron chi connectivity index (χ0n) is 17.1. The molecular formula is C24H20N4OS2. The third-order valence-corrected chi connectivity index (χ3v) is 7.15. The molecule has 7 heteroatoms. The number of benzene rings is 2. The molecule has 0 aliphatic heterocycles. The second-order valence-corrected chi connectivity index (χ2v) is 9.06. The second-order valence-electron chi connectivity index (χ2n) is 7.28. The molecule has 1 N–H and O–H groups in total. The van der Waals surface area contributed by atoms with Gasteiger partial charge in [-0.15, -0.1) is 11.3 Å². The van der Waals surface area contributed by atoms with Crippen LogP contribution in [0.4, 0.5) is 0 Å². The van der Waals surface area contributed by atoms with E-state index in [9.17, 15) is 4.79 Å². The molecular weight excluding hydrogens is 424 g/mol. The minimum Gasteiger partial charge on any atom is -0.337 e. The lowest BCUT2D eigenvalue weighted by atomic mass is 10.1. The number of thiazole rings is 1. The van der Waals surface area contributed by atoms with Crippen LogP contribution in [0.15, 0.2) is 71.4 Å². The number of para-hydroxylation sites is 2. The second kappa shape index (κ2) is 8.09. The van der Waals surface area contributed by atoms with E-state index in [-0.39, 0.29) is 11.9 Å². The van der Waals surface area contributed by atoms with Crippen molar-refractivity contribution in [2.24, 2.45) is 7.05 Å². The van der Waals surface area contributed by atoms with Gasteiger partial charge in [0.05, 0.1) is 16.7 Å². The van der Waals surface area contributed by atoms with Gasteiger partial charge in [0, 0.05) is 18.0 Å². The van der Waals surface area contributed by atoms with Crippen LogP contribution in [-0.2, 0) is 7.05 Å². The first-order valence-corrected chi connectivity index (χ1v) is 11.6. The predicted molar refractivity (Wildman–Crippen MR) is 127 cm³/mol. The fourth-order valence-electron chi connectivity index (χ4n) is 3.68. The smallest absolute Gasteiger partial charge is 0.264 e. The van der Waals surface area contributed by atoms with Gasteiger partial charge in [0.15, 0.2) is 0 Å². The van der Waals surface area contributed by atoms with E-state index >= 15 is 0 Å². The van der Waals surface area contributed by atoms with Gasteiger partial charge in [0.1, 0.15) is 21.8 Å². The highest BCUT2D eigenvalue weighted by Crippen LogP contribution is 2.31. The van der Waals surface area contributed by atoms with Crippen molar-refractivity contribution in [3.8, 4) is 10.6 Å². The average Bonchev–Trinajstić information content (AvgIpc) is 3.52. The molecule has 0 spiro atoms. The molecule has 0 fully saturated rings. The van der Waals surface area contributed by atoms with Crippen molar-refractivity contribution in [3.63, 3.8) is 0 Å². The quantitative estimate of drug-likeness (QED) is 0.385. The van der Waals surface area contributed by atoms with Gasteiger partial charge in [-0.3, -0.25) is 4.79 Å². The minimum absolute atomic E-state index is 0.141. The summed E-state index contributed by atoms with van der Waals surface area (Å²) in [6.07, 6.45) is 0. The first-order chi connectivity index (χ1) is 15.1. The van der Waals surface area contributed by atoms with Crippen LogP contribution in [-0.4, -0.2) is 20.4 Å². The molecule has 2 aromatic carbocycles. The first-order valence-electron chi connectivity index (χ1n) is 9.89. The number of imidazole rings is 1. The van der Waals surface area contributed by atoms with E-state index in [0.717, 1.165) is 38.7 Å². The molecule has 0 bridgehead atoms. The van der Waals surface area contributed by atoms with Crippen molar-refractivity contribution in [2.45, 2.75) is 13.0 Å². The Morgan fingerprint density at radius 1 is 1.03 bits per heavy atom. The molecule has 0 aliphatic rings. The summed E-state index contributed by atoms with van der Waals surface area (Å²) in [6.45, 7) is 1.88. The van der Waals surface area contributed by atoms with Gasteiger partial charge in [-0.1, -0.05) is 42.5 Å². The van der Waals surface area contributed by atoms with Crippen LogP contribution in [0.2, 0.25) is 0 Å². The number of carbonyl (C=O) groups is 1. The Kier molecular flexibility index (Phi) is 5.13. The summed E-state index contributed by atoms with van der Waals surface area (Å²) in [5.41, 5.74) is 4.70. The number of hydrogen-bond acceptors (Lipinski definition) is 5. The van der Waals surface area contributed by atoms with Gasteiger partial charge >= 0.3 is 0 Å². The monoisotopic (exact) mass is 444 g/mol. The summed E-state index contributed by atoms with van der Waals surface area (Å²) in [7, 11) is 1.99. The van der Waals surface area contributed by atoms with Gasteiger partial charge in [0.25, 0.3) is 5.91 Å². The van der Waals surface area contributed by atoms with Crippen LogP contribution in [0.5, 0.6) is 0 Å². The van der Waals surface area contributed by atoms with Crippen LogP contribution in [0.1, 0.15) is 32.8 Å². The summed E-state index contributed by atoms with van der Waals surface area (Å²) >= 11 is 3.05. The summed E-state index contributed by atoms with van der Waals surface area (Å²) in [5.74, 6) is 0.651.